The Balaban J connectivity index is 1.91. The molecule has 18 heavy (non-hydrogen) atoms. The molecule has 2 aromatic heterocycles. The molecule has 0 aliphatic rings. The second-order valence-electron chi connectivity index (χ2n) is 4.08. The second-order valence-corrected chi connectivity index (χ2v) is 5.67. The van der Waals surface area contributed by atoms with Crippen molar-refractivity contribution < 1.29 is 5.11 Å². The third-order valence-electron chi connectivity index (χ3n) is 2.90. The number of halogens is 1. The van der Waals surface area contributed by atoms with E-state index in [0.717, 1.165) is 21.1 Å². The third-order valence-corrected chi connectivity index (χ3v) is 4.65. The molecule has 1 atom stereocenters. The molecule has 92 valence electrons. The number of hydrogen-bond acceptors (Lipinski definition) is 3. The highest BCUT2D eigenvalue weighted by atomic mass is 79.9. The summed E-state index contributed by atoms with van der Waals surface area (Å²) in [6.45, 7) is 0.510. The average molecular weight is 323 g/mol. The van der Waals surface area contributed by atoms with Crippen molar-refractivity contribution in [2.75, 3.05) is 0 Å². The summed E-state index contributed by atoms with van der Waals surface area (Å²) in [6, 6.07) is 7.93. The summed E-state index contributed by atoms with van der Waals surface area (Å²) in [7, 11) is 0. The van der Waals surface area contributed by atoms with Gasteiger partial charge in [-0.25, -0.2) is 4.98 Å². The minimum Gasteiger partial charge on any atom is -0.386 e. The van der Waals surface area contributed by atoms with Crippen molar-refractivity contribution in [2.45, 2.75) is 12.6 Å². The fraction of sp³-hybridized carbons (Fsp3) is 0.154. The van der Waals surface area contributed by atoms with Gasteiger partial charge in [0, 0.05) is 15.4 Å². The number of aromatic nitrogens is 2. The Labute approximate surface area is 117 Å². The van der Waals surface area contributed by atoms with Crippen molar-refractivity contribution in [1.29, 1.82) is 0 Å². The monoisotopic (exact) mass is 322 g/mol. The topological polar surface area (TPSA) is 38.0 Å². The average Bonchev–Trinajstić information content (AvgIpc) is 2.97. The fourth-order valence-corrected chi connectivity index (χ4v) is 3.58. The number of nitrogens with zero attached hydrogens (tertiary/aromatic N) is 2. The molecule has 0 saturated heterocycles. The largest absolute Gasteiger partial charge is 0.386 e. The number of para-hydroxylation sites is 2. The normalized spacial score (nSPS) is 13.0. The van der Waals surface area contributed by atoms with Gasteiger partial charge in [0.2, 0.25) is 0 Å². The van der Waals surface area contributed by atoms with Crippen molar-refractivity contribution in [1.82, 2.24) is 9.55 Å². The van der Waals surface area contributed by atoms with Crippen molar-refractivity contribution >= 4 is 38.3 Å². The van der Waals surface area contributed by atoms with E-state index < -0.39 is 6.10 Å². The number of rotatable bonds is 3. The van der Waals surface area contributed by atoms with E-state index in [2.05, 4.69) is 20.9 Å². The van der Waals surface area contributed by atoms with Gasteiger partial charge in [0.1, 0.15) is 0 Å². The molecular weight excluding hydrogens is 312 g/mol. The molecule has 0 spiro atoms. The van der Waals surface area contributed by atoms with Gasteiger partial charge in [-0.15, -0.1) is 0 Å². The maximum absolute atomic E-state index is 10.2. The van der Waals surface area contributed by atoms with Crippen LogP contribution >= 0.6 is 27.3 Å². The van der Waals surface area contributed by atoms with E-state index in [9.17, 15) is 5.11 Å². The summed E-state index contributed by atoms with van der Waals surface area (Å²) < 4.78 is 2.94. The van der Waals surface area contributed by atoms with Crippen molar-refractivity contribution in [3.63, 3.8) is 0 Å². The summed E-state index contributed by atoms with van der Waals surface area (Å²) in [5.41, 5.74) is 2.93. The molecule has 0 aliphatic heterocycles. The SMILES string of the molecule is OC(Cn1cnc2ccccc21)c1cscc1Br. The molecule has 0 saturated carbocycles. The summed E-state index contributed by atoms with van der Waals surface area (Å²) in [6.07, 6.45) is 1.25. The molecule has 1 N–H and O–H groups in total. The van der Waals surface area contributed by atoms with E-state index in [1.165, 1.54) is 0 Å². The van der Waals surface area contributed by atoms with Crippen LogP contribution in [0.5, 0.6) is 0 Å². The number of thiophene rings is 1. The summed E-state index contributed by atoms with van der Waals surface area (Å²) in [5.74, 6) is 0. The number of imidazole rings is 1. The first kappa shape index (κ1) is 11.9. The van der Waals surface area contributed by atoms with Crippen LogP contribution in [0, 0.1) is 0 Å². The second kappa shape index (κ2) is 4.84. The highest BCUT2D eigenvalue weighted by Gasteiger charge is 2.14. The molecule has 3 rings (SSSR count). The fourth-order valence-electron chi connectivity index (χ4n) is 1.97. The van der Waals surface area contributed by atoms with E-state index in [1.807, 2.05) is 39.6 Å². The maximum Gasteiger partial charge on any atom is 0.0988 e. The molecule has 3 nitrogen and oxygen atoms in total. The highest BCUT2D eigenvalue weighted by molar-refractivity contribution is 9.10. The van der Waals surface area contributed by atoms with Crippen LogP contribution in [0.2, 0.25) is 0 Å². The molecule has 3 aromatic rings. The van der Waals surface area contributed by atoms with Crippen LogP contribution in [0.3, 0.4) is 0 Å². The smallest absolute Gasteiger partial charge is 0.0988 e. The number of aliphatic hydroxyl groups is 1. The number of hydrogen-bond donors (Lipinski definition) is 1. The van der Waals surface area contributed by atoms with Crippen LogP contribution in [0.4, 0.5) is 0 Å². The first-order valence-electron chi connectivity index (χ1n) is 5.55. The summed E-state index contributed by atoms with van der Waals surface area (Å²) in [5, 5.41) is 14.2. The summed E-state index contributed by atoms with van der Waals surface area (Å²) >= 11 is 5.03. The van der Waals surface area contributed by atoms with Crippen LogP contribution in [0.25, 0.3) is 11.0 Å². The van der Waals surface area contributed by atoms with Crippen molar-refractivity contribution in [3.8, 4) is 0 Å². The van der Waals surface area contributed by atoms with Crippen LogP contribution in [-0.2, 0) is 6.54 Å². The Hall–Kier alpha value is -1.17. The van der Waals surface area contributed by atoms with Gasteiger partial charge < -0.3 is 9.67 Å². The van der Waals surface area contributed by atoms with Gasteiger partial charge in [0.15, 0.2) is 0 Å². The Morgan fingerprint density at radius 3 is 2.94 bits per heavy atom. The van der Waals surface area contributed by atoms with Gasteiger partial charge in [0.05, 0.1) is 30.0 Å². The molecule has 0 bridgehead atoms. The van der Waals surface area contributed by atoms with Gasteiger partial charge >= 0.3 is 0 Å². The minimum absolute atomic E-state index is 0.510. The van der Waals surface area contributed by atoms with E-state index in [-0.39, 0.29) is 0 Å². The molecule has 2 heterocycles. The lowest BCUT2D eigenvalue weighted by atomic mass is 10.2. The number of benzene rings is 1. The molecule has 1 aromatic carbocycles. The molecule has 1 unspecified atom stereocenters. The highest BCUT2D eigenvalue weighted by Crippen LogP contribution is 2.28. The molecule has 0 radical (unpaired) electrons. The van der Waals surface area contributed by atoms with E-state index >= 15 is 0 Å². The van der Waals surface area contributed by atoms with Gasteiger partial charge in [-0.1, -0.05) is 12.1 Å². The van der Waals surface area contributed by atoms with Gasteiger partial charge in [-0.3, -0.25) is 0 Å². The van der Waals surface area contributed by atoms with Crippen molar-refractivity contribution in [2.24, 2.45) is 0 Å². The predicted molar refractivity (Wildman–Crippen MR) is 76.7 cm³/mol. The zero-order valence-corrected chi connectivity index (χ0v) is 11.9. The zero-order chi connectivity index (χ0) is 12.5. The Morgan fingerprint density at radius 2 is 2.17 bits per heavy atom. The van der Waals surface area contributed by atoms with Gasteiger partial charge in [-0.2, -0.15) is 11.3 Å². The van der Waals surface area contributed by atoms with Crippen LogP contribution in [0.1, 0.15) is 11.7 Å². The van der Waals surface area contributed by atoms with Crippen LogP contribution < -0.4 is 0 Å². The first-order valence-corrected chi connectivity index (χ1v) is 7.29. The Kier molecular flexibility index (Phi) is 3.20. The van der Waals surface area contributed by atoms with Crippen molar-refractivity contribution in [3.05, 3.63) is 51.4 Å². The van der Waals surface area contributed by atoms with Gasteiger partial charge in [-0.05, 0) is 33.4 Å². The predicted octanol–water partition coefficient (Wildman–Crippen LogP) is 3.59. The zero-order valence-electron chi connectivity index (χ0n) is 9.45. The first-order chi connectivity index (χ1) is 8.75. The number of aliphatic hydroxyl groups excluding tert-OH is 1. The van der Waals surface area contributed by atoms with E-state index in [0.29, 0.717) is 6.54 Å². The lowest BCUT2D eigenvalue weighted by Crippen LogP contribution is -2.07. The molecular formula is C13H11BrN2OS. The summed E-state index contributed by atoms with van der Waals surface area (Å²) in [4.78, 5) is 4.32. The molecule has 5 heteroatoms. The van der Waals surface area contributed by atoms with Crippen LogP contribution in [-0.4, -0.2) is 14.7 Å². The molecule has 0 fully saturated rings. The standard InChI is InChI=1S/C13H11BrN2OS/c14-10-7-18-6-9(10)13(17)5-16-8-15-11-3-1-2-4-12(11)16/h1-4,6-8,13,17H,5H2. The Morgan fingerprint density at radius 1 is 1.33 bits per heavy atom. The maximum atomic E-state index is 10.2. The quantitative estimate of drug-likeness (QED) is 0.800. The molecule has 0 aliphatic carbocycles. The van der Waals surface area contributed by atoms with E-state index in [1.54, 1.807) is 17.7 Å². The Bertz CT molecular complexity index is 676. The lowest BCUT2D eigenvalue weighted by molar-refractivity contribution is 0.157. The number of fused-ring (bicyclic) bond motifs is 1. The molecule has 0 amide bonds. The van der Waals surface area contributed by atoms with Gasteiger partial charge in [0.25, 0.3) is 0 Å². The third kappa shape index (κ3) is 2.09. The van der Waals surface area contributed by atoms with E-state index in [4.69, 9.17) is 0 Å². The lowest BCUT2D eigenvalue weighted by Gasteiger charge is -2.11. The minimum atomic E-state index is -0.525. The van der Waals surface area contributed by atoms with Crippen LogP contribution in [0.15, 0.2) is 45.8 Å².